The third kappa shape index (κ3) is 3.37. The topological polar surface area (TPSA) is 72.9 Å². The van der Waals surface area contributed by atoms with E-state index in [4.69, 9.17) is 32.7 Å². The molecular weight excluding hydrogens is 405 g/mol. The molecule has 2 aromatic rings. The fourth-order valence-electron chi connectivity index (χ4n) is 3.00. The Morgan fingerprint density at radius 1 is 1.00 bits per heavy atom. The zero-order valence-electron chi connectivity index (χ0n) is 15.0. The zero-order chi connectivity index (χ0) is 20.4. The van der Waals surface area contributed by atoms with E-state index in [2.05, 4.69) is 0 Å². The number of hydrogen-bond acceptors (Lipinski definition) is 5. The lowest BCUT2D eigenvalue weighted by molar-refractivity contribution is -0.122. The number of benzene rings is 2. The van der Waals surface area contributed by atoms with Crippen molar-refractivity contribution in [3.8, 4) is 0 Å². The number of anilines is 1. The summed E-state index contributed by atoms with van der Waals surface area (Å²) >= 11 is 11.6. The second-order valence-electron chi connectivity index (χ2n) is 5.81. The minimum absolute atomic E-state index is 0.190. The number of carbonyl (C=O) groups is 3. The first-order chi connectivity index (χ1) is 13.4. The van der Waals surface area contributed by atoms with Crippen molar-refractivity contribution in [2.24, 2.45) is 0 Å². The minimum atomic E-state index is -0.614. The van der Waals surface area contributed by atoms with Crippen molar-refractivity contribution < 1.29 is 23.9 Å². The van der Waals surface area contributed by atoms with Gasteiger partial charge in [0.1, 0.15) is 11.6 Å². The summed E-state index contributed by atoms with van der Waals surface area (Å²) in [6.07, 6.45) is 0. The lowest BCUT2D eigenvalue weighted by Crippen LogP contribution is -2.34. The number of hydrogen-bond donors (Lipinski definition) is 0. The van der Waals surface area contributed by atoms with Crippen LogP contribution < -0.4 is 4.90 Å². The first-order valence-electron chi connectivity index (χ1n) is 8.13. The molecular formula is C20H15Cl2NO5. The third-order valence-corrected chi connectivity index (χ3v) is 4.73. The zero-order valence-corrected chi connectivity index (χ0v) is 16.5. The Hall–Kier alpha value is -2.83. The van der Waals surface area contributed by atoms with E-state index in [1.54, 1.807) is 30.3 Å². The van der Waals surface area contributed by atoms with E-state index in [1.807, 2.05) is 0 Å². The van der Waals surface area contributed by atoms with Crippen molar-refractivity contribution in [3.05, 3.63) is 64.2 Å². The fraction of sp³-hybridized carbons (Fsp3) is 0.150. The van der Waals surface area contributed by atoms with Crippen LogP contribution in [0.4, 0.5) is 5.69 Å². The van der Waals surface area contributed by atoms with Crippen LogP contribution >= 0.6 is 23.2 Å². The number of imide groups is 1. The highest BCUT2D eigenvalue weighted by Gasteiger charge is 2.39. The van der Waals surface area contributed by atoms with Crippen LogP contribution in [0, 0.1) is 0 Å². The standard InChI is InChI=1S/C20H15Cl2NO5/c1-27-18(11-3-6-13(22)7-4-11)17-14-8-5-12(20(26)28-2)9-15(14)23(19(17)25)16(24)10-21/h3-9H,10H2,1-2H3/b18-17+. The number of methoxy groups -OCH3 is 2. The van der Waals surface area contributed by atoms with E-state index in [0.717, 1.165) is 4.90 Å². The van der Waals surface area contributed by atoms with Gasteiger partial charge in [0.2, 0.25) is 5.91 Å². The van der Waals surface area contributed by atoms with Crippen LogP contribution in [0.2, 0.25) is 5.02 Å². The van der Waals surface area contributed by atoms with Gasteiger partial charge in [-0.2, -0.15) is 0 Å². The molecule has 0 saturated heterocycles. The van der Waals surface area contributed by atoms with E-state index >= 15 is 0 Å². The van der Waals surface area contributed by atoms with E-state index in [9.17, 15) is 14.4 Å². The highest BCUT2D eigenvalue weighted by molar-refractivity contribution is 6.46. The highest BCUT2D eigenvalue weighted by Crippen LogP contribution is 2.42. The molecule has 2 amide bonds. The summed E-state index contributed by atoms with van der Waals surface area (Å²) in [5.74, 6) is -1.91. The molecule has 28 heavy (non-hydrogen) atoms. The molecule has 6 nitrogen and oxygen atoms in total. The maximum atomic E-state index is 13.1. The number of nitrogens with zero attached hydrogens (tertiary/aromatic N) is 1. The number of halogens is 2. The SMILES string of the molecule is COC(=O)c1ccc2c(c1)N(C(=O)CCl)C(=O)/C2=C(/OC)c1ccc(Cl)cc1. The Bertz CT molecular complexity index is 998. The Morgan fingerprint density at radius 2 is 1.64 bits per heavy atom. The van der Waals surface area contributed by atoms with Gasteiger partial charge in [-0.25, -0.2) is 9.69 Å². The summed E-state index contributed by atoms with van der Waals surface area (Å²) in [6, 6.07) is 11.3. The van der Waals surface area contributed by atoms with Crippen LogP contribution in [0.5, 0.6) is 0 Å². The van der Waals surface area contributed by atoms with Crippen LogP contribution in [0.3, 0.4) is 0 Å². The summed E-state index contributed by atoms with van der Waals surface area (Å²) < 4.78 is 10.2. The van der Waals surface area contributed by atoms with Gasteiger partial charge in [0.25, 0.3) is 5.91 Å². The van der Waals surface area contributed by atoms with Gasteiger partial charge in [0, 0.05) is 16.1 Å². The molecule has 1 aliphatic heterocycles. The number of esters is 1. The average Bonchev–Trinajstić information content (AvgIpc) is 3.00. The Kier molecular flexibility index (Phi) is 5.72. The predicted molar refractivity (Wildman–Crippen MR) is 106 cm³/mol. The van der Waals surface area contributed by atoms with Crippen LogP contribution in [0.25, 0.3) is 11.3 Å². The van der Waals surface area contributed by atoms with Gasteiger partial charge in [-0.1, -0.05) is 17.7 Å². The molecule has 0 atom stereocenters. The van der Waals surface area contributed by atoms with E-state index < -0.39 is 23.7 Å². The van der Waals surface area contributed by atoms with Crippen LogP contribution in [0.15, 0.2) is 42.5 Å². The number of rotatable bonds is 4. The molecule has 0 aromatic heterocycles. The molecule has 0 bridgehead atoms. The molecule has 0 N–H and O–H groups in total. The van der Waals surface area contributed by atoms with E-state index in [1.165, 1.54) is 26.4 Å². The summed E-state index contributed by atoms with van der Waals surface area (Å²) in [4.78, 5) is 38.3. The average molecular weight is 420 g/mol. The highest BCUT2D eigenvalue weighted by atomic mass is 35.5. The van der Waals surface area contributed by atoms with Crippen molar-refractivity contribution in [3.63, 3.8) is 0 Å². The van der Waals surface area contributed by atoms with Crippen LogP contribution in [0.1, 0.15) is 21.5 Å². The van der Waals surface area contributed by atoms with Gasteiger partial charge < -0.3 is 9.47 Å². The quantitative estimate of drug-likeness (QED) is 0.326. The Balaban J connectivity index is 2.26. The normalized spacial score (nSPS) is 14.6. The lowest BCUT2D eigenvalue weighted by atomic mass is 10.0. The molecule has 2 aromatic carbocycles. The lowest BCUT2D eigenvalue weighted by Gasteiger charge is -2.14. The second kappa shape index (κ2) is 8.04. The second-order valence-corrected chi connectivity index (χ2v) is 6.51. The molecule has 1 heterocycles. The van der Waals surface area contributed by atoms with Crippen molar-refractivity contribution >= 4 is 58.0 Å². The van der Waals surface area contributed by atoms with Crippen molar-refractivity contribution in [1.82, 2.24) is 0 Å². The Labute approximate surface area is 171 Å². The number of ether oxygens (including phenoxy) is 2. The number of carbonyl (C=O) groups excluding carboxylic acids is 3. The smallest absolute Gasteiger partial charge is 0.337 e. The largest absolute Gasteiger partial charge is 0.495 e. The maximum Gasteiger partial charge on any atom is 0.337 e. The van der Waals surface area contributed by atoms with E-state index in [-0.39, 0.29) is 22.6 Å². The molecule has 8 heteroatoms. The number of alkyl halides is 1. The number of amides is 2. The molecule has 3 rings (SSSR count). The fourth-order valence-corrected chi connectivity index (χ4v) is 3.25. The van der Waals surface area contributed by atoms with E-state index in [0.29, 0.717) is 16.1 Å². The van der Waals surface area contributed by atoms with Gasteiger partial charge in [-0.15, -0.1) is 11.6 Å². The minimum Gasteiger partial charge on any atom is -0.495 e. The van der Waals surface area contributed by atoms with Gasteiger partial charge in [-0.3, -0.25) is 9.59 Å². The molecule has 0 unspecified atom stereocenters. The van der Waals surface area contributed by atoms with Gasteiger partial charge in [-0.05, 0) is 36.4 Å². The van der Waals surface area contributed by atoms with Gasteiger partial charge in [0.15, 0.2) is 0 Å². The van der Waals surface area contributed by atoms with Crippen LogP contribution in [-0.4, -0.2) is 37.9 Å². The predicted octanol–water partition coefficient (Wildman–Crippen LogP) is 3.75. The van der Waals surface area contributed by atoms with Crippen molar-refractivity contribution in [2.45, 2.75) is 0 Å². The third-order valence-electron chi connectivity index (χ3n) is 4.25. The van der Waals surface area contributed by atoms with Crippen molar-refractivity contribution in [2.75, 3.05) is 25.0 Å². The Morgan fingerprint density at radius 3 is 2.21 bits per heavy atom. The molecule has 0 saturated carbocycles. The molecule has 0 radical (unpaired) electrons. The van der Waals surface area contributed by atoms with Crippen LogP contribution in [-0.2, 0) is 19.1 Å². The van der Waals surface area contributed by atoms with Gasteiger partial charge >= 0.3 is 5.97 Å². The molecule has 1 aliphatic rings. The summed E-state index contributed by atoms with van der Waals surface area (Å²) in [7, 11) is 2.68. The molecule has 144 valence electrons. The summed E-state index contributed by atoms with van der Waals surface area (Å²) in [6.45, 7) is 0. The maximum absolute atomic E-state index is 13.1. The summed E-state index contributed by atoms with van der Waals surface area (Å²) in [5.41, 5.74) is 1.70. The first kappa shape index (κ1) is 19.9. The summed E-state index contributed by atoms with van der Waals surface area (Å²) in [5, 5.41) is 0.531. The monoisotopic (exact) mass is 419 g/mol. The van der Waals surface area contributed by atoms with Crippen molar-refractivity contribution in [1.29, 1.82) is 0 Å². The first-order valence-corrected chi connectivity index (χ1v) is 9.04. The molecule has 0 spiro atoms. The molecule has 0 aliphatic carbocycles. The number of fused-ring (bicyclic) bond motifs is 1. The van der Waals surface area contributed by atoms with Gasteiger partial charge in [0.05, 0.1) is 31.0 Å². The molecule has 0 fully saturated rings.